The highest BCUT2D eigenvalue weighted by atomic mass is 35.5. The van der Waals surface area contributed by atoms with Crippen LogP contribution in [0.25, 0.3) is 0 Å². The van der Waals surface area contributed by atoms with Crippen LogP contribution in [0.2, 0.25) is 0 Å². The van der Waals surface area contributed by atoms with Gasteiger partial charge in [-0.1, -0.05) is 23.2 Å². The van der Waals surface area contributed by atoms with Crippen LogP contribution in [0.4, 0.5) is 5.69 Å². The second kappa shape index (κ2) is 7.04. The molecule has 1 aromatic carbocycles. The molecule has 0 atom stereocenters. The Morgan fingerprint density at radius 1 is 1.06 bits per heavy atom. The van der Waals surface area contributed by atoms with Gasteiger partial charge in [-0.25, -0.2) is 0 Å². The fraction of sp³-hybridized carbons (Fsp3) is 0.455. The van der Waals surface area contributed by atoms with Crippen LogP contribution in [0.15, 0.2) is 12.1 Å². The lowest BCUT2D eigenvalue weighted by Gasteiger charge is -2.20. The molecule has 0 fully saturated rings. The summed E-state index contributed by atoms with van der Waals surface area (Å²) >= 11 is 11.7. The molecule has 0 radical (unpaired) electrons. The Bertz CT molecular complexity index is 334. The van der Waals surface area contributed by atoms with Crippen molar-refractivity contribution in [1.82, 2.24) is 0 Å². The molecule has 0 saturated carbocycles. The largest absolute Gasteiger partial charge is 0.496 e. The molecule has 0 N–H and O–H groups in total. The molecule has 0 aliphatic rings. The summed E-state index contributed by atoms with van der Waals surface area (Å²) in [4.78, 5) is 1.29. The van der Waals surface area contributed by atoms with E-state index >= 15 is 0 Å². The number of hydrogen-bond donors (Lipinski definition) is 0. The van der Waals surface area contributed by atoms with Gasteiger partial charge in [-0.3, -0.25) is 0 Å². The van der Waals surface area contributed by atoms with Crippen molar-refractivity contribution in [3.05, 3.63) is 17.7 Å². The van der Waals surface area contributed by atoms with E-state index in [1.54, 1.807) is 20.3 Å². The molecule has 6 heteroatoms. The molecule has 1 rings (SSSR count). The van der Waals surface area contributed by atoms with E-state index in [2.05, 4.69) is 0 Å². The molecule has 0 amide bonds. The van der Waals surface area contributed by atoms with Crippen molar-refractivity contribution in [3.8, 4) is 11.5 Å². The summed E-state index contributed by atoms with van der Waals surface area (Å²) in [6, 6.07) is 3.64. The third-order valence-corrected chi connectivity index (χ3v) is 2.72. The monoisotopic (exact) mass is 299 g/mol. The van der Waals surface area contributed by atoms with Crippen molar-refractivity contribution >= 4 is 41.3 Å². The molecule has 0 unspecified atom stereocenters. The summed E-state index contributed by atoms with van der Waals surface area (Å²) in [5.41, 5.74) is 1.62. The maximum Gasteiger partial charge on any atom is 0.142 e. The maximum absolute atomic E-state index is 5.86. The van der Waals surface area contributed by atoms with Gasteiger partial charge in [0, 0.05) is 25.7 Å². The van der Waals surface area contributed by atoms with Crippen LogP contribution in [0.1, 0.15) is 10.4 Å². The van der Waals surface area contributed by atoms with E-state index in [0.717, 1.165) is 5.69 Å². The Balaban J connectivity index is 0.00000256. The SMILES string of the molecule is COc1cc(N(C)C)c(OC)cc1C(Cl)Cl.Cl. The first-order valence-corrected chi connectivity index (χ1v) is 5.60. The van der Waals surface area contributed by atoms with Crippen molar-refractivity contribution < 1.29 is 9.47 Å². The number of anilines is 1. The van der Waals surface area contributed by atoms with Crippen LogP contribution < -0.4 is 14.4 Å². The third kappa shape index (κ3) is 3.73. The van der Waals surface area contributed by atoms with Crippen LogP contribution in [0, 0.1) is 0 Å². The molecule has 0 aliphatic carbocycles. The van der Waals surface area contributed by atoms with Crippen LogP contribution in [-0.4, -0.2) is 28.3 Å². The number of methoxy groups -OCH3 is 2. The van der Waals surface area contributed by atoms with Gasteiger partial charge in [0.15, 0.2) is 0 Å². The topological polar surface area (TPSA) is 21.7 Å². The first-order valence-electron chi connectivity index (χ1n) is 4.72. The maximum atomic E-state index is 5.86. The number of nitrogens with zero attached hydrogens (tertiary/aromatic N) is 1. The lowest BCUT2D eigenvalue weighted by Crippen LogP contribution is -2.11. The zero-order chi connectivity index (χ0) is 12.3. The highest BCUT2D eigenvalue weighted by Gasteiger charge is 2.16. The Hall–Kier alpha value is -0.510. The standard InChI is InChI=1S/C11H15Cl2NO2.ClH/c1-14(2)8-6-9(15-3)7(11(12)13)5-10(8)16-4;/h5-6,11H,1-4H3;1H. The van der Waals surface area contributed by atoms with Gasteiger partial charge in [0.1, 0.15) is 16.3 Å². The molecule has 0 bridgehead atoms. The van der Waals surface area contributed by atoms with Gasteiger partial charge < -0.3 is 14.4 Å². The quantitative estimate of drug-likeness (QED) is 0.792. The second-order valence-corrected chi connectivity index (χ2v) is 4.56. The Kier molecular flexibility index (Phi) is 6.83. The molecule has 0 aromatic heterocycles. The Labute approximate surface area is 118 Å². The number of alkyl halides is 2. The molecular formula is C11H16Cl3NO2. The molecular weight excluding hydrogens is 284 g/mol. The highest BCUT2D eigenvalue weighted by Crippen LogP contribution is 2.40. The first kappa shape index (κ1) is 16.5. The molecule has 0 saturated heterocycles. The Morgan fingerprint density at radius 2 is 1.59 bits per heavy atom. The van der Waals surface area contributed by atoms with Crippen LogP contribution in [0.5, 0.6) is 11.5 Å². The smallest absolute Gasteiger partial charge is 0.142 e. The molecule has 0 heterocycles. The Morgan fingerprint density at radius 3 is 1.94 bits per heavy atom. The average Bonchev–Trinajstić information content (AvgIpc) is 2.26. The second-order valence-electron chi connectivity index (χ2n) is 3.46. The summed E-state index contributed by atoms with van der Waals surface area (Å²) in [7, 11) is 7.04. The minimum Gasteiger partial charge on any atom is -0.496 e. The highest BCUT2D eigenvalue weighted by molar-refractivity contribution is 6.44. The average molecular weight is 301 g/mol. The van der Waals surface area contributed by atoms with E-state index in [1.807, 2.05) is 25.1 Å². The van der Waals surface area contributed by atoms with Gasteiger partial charge in [0.25, 0.3) is 0 Å². The van der Waals surface area contributed by atoms with Gasteiger partial charge in [-0.15, -0.1) is 12.4 Å². The number of benzene rings is 1. The van der Waals surface area contributed by atoms with Crippen LogP contribution in [0.3, 0.4) is 0 Å². The fourth-order valence-corrected chi connectivity index (χ4v) is 1.77. The minimum atomic E-state index is -0.639. The van der Waals surface area contributed by atoms with E-state index in [9.17, 15) is 0 Å². The summed E-state index contributed by atoms with van der Waals surface area (Å²) in [5.74, 6) is 1.37. The normalized spacial score (nSPS) is 9.82. The van der Waals surface area contributed by atoms with Crippen molar-refractivity contribution in [2.75, 3.05) is 33.2 Å². The number of ether oxygens (including phenoxy) is 2. The summed E-state index contributed by atoms with van der Waals surface area (Å²) < 4.78 is 10.5. The minimum absolute atomic E-state index is 0. The van der Waals surface area contributed by atoms with Gasteiger partial charge in [-0.05, 0) is 6.07 Å². The number of hydrogen-bond acceptors (Lipinski definition) is 3. The first-order chi connectivity index (χ1) is 7.51. The van der Waals surface area contributed by atoms with Crippen molar-refractivity contribution in [3.63, 3.8) is 0 Å². The van der Waals surface area contributed by atoms with E-state index < -0.39 is 4.84 Å². The zero-order valence-electron chi connectivity index (χ0n) is 10.2. The molecule has 0 aliphatic heterocycles. The molecule has 1 aromatic rings. The van der Waals surface area contributed by atoms with Crippen molar-refractivity contribution in [2.24, 2.45) is 0 Å². The third-order valence-electron chi connectivity index (χ3n) is 2.25. The van der Waals surface area contributed by atoms with E-state index in [4.69, 9.17) is 32.7 Å². The summed E-state index contributed by atoms with van der Waals surface area (Å²) in [6.45, 7) is 0. The van der Waals surface area contributed by atoms with E-state index in [1.165, 1.54) is 0 Å². The fourth-order valence-electron chi connectivity index (χ4n) is 1.43. The van der Waals surface area contributed by atoms with Crippen LogP contribution in [-0.2, 0) is 0 Å². The van der Waals surface area contributed by atoms with Crippen molar-refractivity contribution in [2.45, 2.75) is 4.84 Å². The van der Waals surface area contributed by atoms with Crippen LogP contribution >= 0.6 is 35.6 Å². The lowest BCUT2D eigenvalue weighted by molar-refractivity contribution is 0.400. The predicted octanol–water partition coefficient (Wildman–Crippen LogP) is 3.67. The van der Waals surface area contributed by atoms with Gasteiger partial charge in [0.2, 0.25) is 0 Å². The molecule has 17 heavy (non-hydrogen) atoms. The summed E-state index contributed by atoms with van der Waals surface area (Å²) in [6.07, 6.45) is 0. The van der Waals surface area contributed by atoms with Gasteiger partial charge in [0.05, 0.1) is 19.9 Å². The lowest BCUT2D eigenvalue weighted by atomic mass is 10.1. The number of halogens is 3. The summed E-state index contributed by atoms with van der Waals surface area (Å²) in [5, 5.41) is 0. The number of rotatable bonds is 4. The van der Waals surface area contributed by atoms with Crippen molar-refractivity contribution in [1.29, 1.82) is 0 Å². The molecule has 0 spiro atoms. The van der Waals surface area contributed by atoms with Gasteiger partial charge in [-0.2, -0.15) is 0 Å². The molecule has 98 valence electrons. The molecule has 3 nitrogen and oxygen atoms in total. The zero-order valence-corrected chi connectivity index (χ0v) is 12.5. The van der Waals surface area contributed by atoms with E-state index in [0.29, 0.717) is 17.1 Å². The van der Waals surface area contributed by atoms with E-state index in [-0.39, 0.29) is 12.4 Å². The van der Waals surface area contributed by atoms with Gasteiger partial charge >= 0.3 is 0 Å². The predicted molar refractivity (Wildman–Crippen MR) is 75.6 cm³/mol.